The molecule has 1 atom stereocenters. The van der Waals surface area contributed by atoms with E-state index in [0.717, 1.165) is 29.7 Å². The van der Waals surface area contributed by atoms with Crippen molar-refractivity contribution < 1.29 is 0 Å². The maximum absolute atomic E-state index is 3.84. The van der Waals surface area contributed by atoms with Crippen LogP contribution in [0.5, 0.6) is 0 Å². The Balaban J connectivity index is 1.68. The molecular formula is C16H29N. The van der Waals surface area contributed by atoms with Crippen LogP contribution in [0.4, 0.5) is 0 Å². The van der Waals surface area contributed by atoms with Crippen molar-refractivity contribution in [2.75, 3.05) is 6.54 Å². The van der Waals surface area contributed by atoms with Gasteiger partial charge >= 0.3 is 0 Å². The quantitative estimate of drug-likeness (QED) is 0.781. The lowest BCUT2D eigenvalue weighted by Crippen LogP contribution is -2.55. The van der Waals surface area contributed by atoms with Gasteiger partial charge < -0.3 is 5.32 Å². The van der Waals surface area contributed by atoms with Gasteiger partial charge in [0.05, 0.1) is 0 Å². The van der Waals surface area contributed by atoms with Crippen molar-refractivity contribution in [2.45, 2.75) is 65.3 Å². The Bertz CT molecular complexity index is 246. The molecule has 0 saturated heterocycles. The van der Waals surface area contributed by atoms with E-state index < -0.39 is 0 Å². The van der Waals surface area contributed by atoms with Crippen molar-refractivity contribution in [2.24, 2.45) is 29.1 Å². The van der Waals surface area contributed by atoms with Gasteiger partial charge in [0.1, 0.15) is 0 Å². The fourth-order valence-electron chi connectivity index (χ4n) is 5.34. The summed E-state index contributed by atoms with van der Waals surface area (Å²) in [6.45, 7) is 8.30. The van der Waals surface area contributed by atoms with Gasteiger partial charge in [-0.2, -0.15) is 0 Å². The first-order chi connectivity index (χ1) is 8.07. The maximum atomic E-state index is 3.84. The molecule has 4 saturated carbocycles. The molecule has 0 amide bonds. The van der Waals surface area contributed by atoms with Gasteiger partial charge in [-0.05, 0) is 81.1 Å². The second kappa shape index (κ2) is 4.26. The van der Waals surface area contributed by atoms with Gasteiger partial charge in [0.15, 0.2) is 0 Å². The third-order valence-electron chi connectivity index (χ3n) is 5.84. The Labute approximate surface area is 107 Å². The van der Waals surface area contributed by atoms with E-state index in [-0.39, 0.29) is 0 Å². The Morgan fingerprint density at radius 1 is 0.941 bits per heavy atom. The van der Waals surface area contributed by atoms with Crippen molar-refractivity contribution >= 4 is 0 Å². The first-order valence-corrected chi connectivity index (χ1v) is 7.81. The Morgan fingerprint density at radius 3 is 1.82 bits per heavy atom. The third kappa shape index (κ3) is 2.16. The molecule has 4 aliphatic rings. The van der Waals surface area contributed by atoms with Crippen molar-refractivity contribution in [3.63, 3.8) is 0 Å². The second-order valence-corrected chi connectivity index (χ2v) is 7.80. The first kappa shape index (κ1) is 12.0. The van der Waals surface area contributed by atoms with Crippen molar-refractivity contribution in [1.82, 2.24) is 5.32 Å². The summed E-state index contributed by atoms with van der Waals surface area (Å²) in [4.78, 5) is 0. The fourth-order valence-corrected chi connectivity index (χ4v) is 5.34. The lowest BCUT2D eigenvalue weighted by Gasteiger charge is -2.59. The normalized spacial score (nSPS) is 45.5. The van der Waals surface area contributed by atoms with Crippen LogP contribution in [0.2, 0.25) is 0 Å². The zero-order valence-electron chi connectivity index (χ0n) is 11.8. The molecular weight excluding hydrogens is 206 g/mol. The van der Waals surface area contributed by atoms with E-state index in [1.54, 1.807) is 19.3 Å². The van der Waals surface area contributed by atoms with Crippen LogP contribution >= 0.6 is 0 Å². The van der Waals surface area contributed by atoms with Gasteiger partial charge in [-0.3, -0.25) is 0 Å². The molecule has 0 aromatic heterocycles. The van der Waals surface area contributed by atoms with Gasteiger partial charge in [-0.15, -0.1) is 0 Å². The lowest BCUT2D eigenvalue weighted by atomic mass is 9.48. The number of rotatable bonds is 4. The minimum atomic E-state index is 0.684. The lowest BCUT2D eigenvalue weighted by molar-refractivity contribution is -0.0706. The Kier molecular flexibility index (Phi) is 3.01. The van der Waals surface area contributed by atoms with Crippen molar-refractivity contribution in [1.29, 1.82) is 0 Å². The predicted molar refractivity (Wildman–Crippen MR) is 72.9 cm³/mol. The highest BCUT2D eigenvalue weighted by molar-refractivity contribution is 5.05. The molecule has 0 spiro atoms. The topological polar surface area (TPSA) is 12.0 Å². The van der Waals surface area contributed by atoms with Crippen molar-refractivity contribution in [3.8, 4) is 0 Å². The van der Waals surface area contributed by atoms with E-state index in [0.29, 0.717) is 5.41 Å². The zero-order valence-corrected chi connectivity index (χ0v) is 11.8. The summed E-state index contributed by atoms with van der Waals surface area (Å²) >= 11 is 0. The van der Waals surface area contributed by atoms with Crippen LogP contribution in [0.1, 0.15) is 59.3 Å². The molecule has 1 heteroatoms. The molecule has 0 aliphatic heterocycles. The molecule has 1 nitrogen and oxygen atoms in total. The average molecular weight is 235 g/mol. The first-order valence-electron chi connectivity index (χ1n) is 7.81. The third-order valence-corrected chi connectivity index (χ3v) is 5.84. The number of hydrogen-bond donors (Lipinski definition) is 1. The van der Waals surface area contributed by atoms with Gasteiger partial charge in [0.25, 0.3) is 0 Å². The highest BCUT2D eigenvalue weighted by Crippen LogP contribution is 2.61. The highest BCUT2D eigenvalue weighted by Gasteiger charge is 2.52. The molecule has 98 valence electrons. The molecule has 0 radical (unpaired) electrons. The number of hydrogen-bond acceptors (Lipinski definition) is 1. The van der Waals surface area contributed by atoms with Gasteiger partial charge in [0, 0.05) is 6.04 Å². The molecule has 0 aromatic rings. The SMILES string of the molecule is CC(C)CNC(C)C12CC3CC(CC(C3)C1)C2. The fraction of sp³-hybridized carbons (Fsp3) is 1.00. The summed E-state index contributed by atoms with van der Waals surface area (Å²) in [7, 11) is 0. The molecule has 17 heavy (non-hydrogen) atoms. The van der Waals surface area contributed by atoms with Crippen LogP contribution in [-0.2, 0) is 0 Å². The molecule has 1 unspecified atom stereocenters. The molecule has 0 heterocycles. The Morgan fingerprint density at radius 2 is 1.41 bits per heavy atom. The van der Waals surface area contributed by atoms with Crippen LogP contribution in [0, 0.1) is 29.1 Å². The summed E-state index contributed by atoms with van der Waals surface area (Å²) in [5, 5.41) is 3.84. The van der Waals surface area contributed by atoms with Gasteiger partial charge in [-0.1, -0.05) is 13.8 Å². The summed E-state index contributed by atoms with van der Waals surface area (Å²) in [5.74, 6) is 4.05. The molecule has 4 aliphatic carbocycles. The van der Waals surface area contributed by atoms with Crippen molar-refractivity contribution in [3.05, 3.63) is 0 Å². The van der Waals surface area contributed by atoms with Gasteiger partial charge in [0.2, 0.25) is 0 Å². The molecule has 4 fully saturated rings. The standard InChI is InChI=1S/C16H29N/c1-11(2)10-17-12(3)16-7-13-4-14(8-16)6-15(5-13)9-16/h11-15,17H,4-10H2,1-3H3. The molecule has 4 bridgehead atoms. The summed E-state index contributed by atoms with van der Waals surface area (Å²) in [6, 6.07) is 0.748. The second-order valence-electron chi connectivity index (χ2n) is 7.80. The van der Waals surface area contributed by atoms with Crippen LogP contribution in [0.15, 0.2) is 0 Å². The van der Waals surface area contributed by atoms with Crippen LogP contribution in [0.3, 0.4) is 0 Å². The predicted octanol–water partition coefficient (Wildman–Crippen LogP) is 3.84. The Hall–Kier alpha value is -0.0400. The summed E-state index contributed by atoms with van der Waals surface area (Å²) in [5.41, 5.74) is 0.684. The van der Waals surface area contributed by atoms with E-state index in [4.69, 9.17) is 0 Å². The van der Waals surface area contributed by atoms with Gasteiger partial charge in [-0.25, -0.2) is 0 Å². The van der Waals surface area contributed by atoms with E-state index in [2.05, 4.69) is 26.1 Å². The maximum Gasteiger partial charge on any atom is 0.00956 e. The van der Waals surface area contributed by atoms with E-state index in [9.17, 15) is 0 Å². The van der Waals surface area contributed by atoms with E-state index in [1.807, 2.05) is 0 Å². The van der Waals surface area contributed by atoms with E-state index >= 15 is 0 Å². The average Bonchev–Trinajstić information content (AvgIpc) is 2.23. The van der Waals surface area contributed by atoms with Crippen LogP contribution in [-0.4, -0.2) is 12.6 Å². The summed E-state index contributed by atoms with van der Waals surface area (Å²) < 4.78 is 0. The summed E-state index contributed by atoms with van der Waals surface area (Å²) in [6.07, 6.45) is 9.30. The smallest absolute Gasteiger partial charge is 0.00956 e. The highest BCUT2D eigenvalue weighted by atomic mass is 14.9. The monoisotopic (exact) mass is 235 g/mol. The molecule has 4 rings (SSSR count). The van der Waals surface area contributed by atoms with Crippen LogP contribution < -0.4 is 5.32 Å². The minimum absolute atomic E-state index is 0.684. The molecule has 1 N–H and O–H groups in total. The van der Waals surface area contributed by atoms with E-state index in [1.165, 1.54) is 25.8 Å². The molecule has 0 aromatic carbocycles. The minimum Gasteiger partial charge on any atom is -0.313 e. The van der Waals surface area contributed by atoms with Crippen LogP contribution in [0.25, 0.3) is 0 Å². The largest absolute Gasteiger partial charge is 0.313 e. The zero-order chi connectivity index (χ0) is 12.0. The number of nitrogens with one attached hydrogen (secondary N) is 1.